The average molecular weight is 502 g/mol. The molecule has 1 aromatic heterocycles. The van der Waals surface area contributed by atoms with E-state index in [1.54, 1.807) is 17.7 Å². The van der Waals surface area contributed by atoms with Crippen molar-refractivity contribution in [2.24, 2.45) is 0 Å². The molecule has 0 radical (unpaired) electrons. The van der Waals surface area contributed by atoms with Gasteiger partial charge >= 0.3 is 12.2 Å². The maximum Gasteiger partial charge on any atom is 0.416 e. The van der Waals surface area contributed by atoms with Crippen LogP contribution in [0.2, 0.25) is 0 Å². The molecule has 3 amide bonds. The first-order valence-electron chi connectivity index (χ1n) is 11.5. The van der Waals surface area contributed by atoms with Crippen LogP contribution in [0.3, 0.4) is 0 Å². The van der Waals surface area contributed by atoms with Gasteiger partial charge in [-0.1, -0.05) is 44.5 Å². The maximum absolute atomic E-state index is 13.0. The lowest BCUT2D eigenvalue weighted by Crippen LogP contribution is -2.40. The predicted molar refractivity (Wildman–Crippen MR) is 133 cm³/mol. The molecule has 36 heavy (non-hydrogen) atoms. The van der Waals surface area contributed by atoms with Crippen molar-refractivity contribution < 1.29 is 22.8 Å². The van der Waals surface area contributed by atoms with Crippen LogP contribution in [-0.4, -0.2) is 39.7 Å². The summed E-state index contributed by atoms with van der Waals surface area (Å²) in [6.07, 6.45) is -4.53. The van der Waals surface area contributed by atoms with Crippen molar-refractivity contribution in [1.29, 1.82) is 0 Å². The van der Waals surface area contributed by atoms with Gasteiger partial charge in [-0.15, -0.1) is 0 Å². The van der Waals surface area contributed by atoms with E-state index in [0.717, 1.165) is 29.1 Å². The van der Waals surface area contributed by atoms with E-state index in [1.807, 2.05) is 52.0 Å². The highest BCUT2D eigenvalue weighted by molar-refractivity contribution is 5.96. The van der Waals surface area contributed by atoms with Crippen LogP contribution in [0.5, 0.6) is 0 Å². The molecular weight excluding hydrogens is 471 g/mol. The molecule has 2 N–H and O–H groups in total. The Morgan fingerprint density at radius 1 is 1.00 bits per heavy atom. The maximum atomic E-state index is 13.0. The fraction of sp³-hybridized carbons (Fsp3) is 0.346. The number of hydrogen-bond acceptors (Lipinski definition) is 3. The topological polar surface area (TPSA) is 79.3 Å². The number of urea groups is 1. The van der Waals surface area contributed by atoms with E-state index < -0.39 is 23.7 Å². The van der Waals surface area contributed by atoms with Crippen molar-refractivity contribution in [3.8, 4) is 5.69 Å². The molecule has 0 saturated heterocycles. The van der Waals surface area contributed by atoms with Crippen LogP contribution >= 0.6 is 0 Å². The molecule has 0 unspecified atom stereocenters. The summed E-state index contributed by atoms with van der Waals surface area (Å²) in [7, 11) is 0. The molecule has 3 aromatic rings. The van der Waals surface area contributed by atoms with E-state index in [1.165, 1.54) is 17.0 Å². The Kier molecular flexibility index (Phi) is 7.76. The van der Waals surface area contributed by atoms with Gasteiger partial charge in [-0.3, -0.25) is 4.79 Å². The molecule has 3 rings (SSSR count). The zero-order chi connectivity index (χ0) is 26.7. The quantitative estimate of drug-likeness (QED) is 0.436. The number of benzene rings is 2. The van der Waals surface area contributed by atoms with Gasteiger partial charge in [0, 0.05) is 23.7 Å². The minimum absolute atomic E-state index is 0.0130. The molecule has 2 aromatic carbocycles. The molecule has 0 spiro atoms. The number of anilines is 2. The van der Waals surface area contributed by atoms with E-state index in [4.69, 9.17) is 0 Å². The lowest BCUT2D eigenvalue weighted by molar-refractivity contribution is -0.137. The van der Waals surface area contributed by atoms with Gasteiger partial charge in [-0.2, -0.15) is 18.3 Å². The molecular formula is C26H30F3N5O2. The summed E-state index contributed by atoms with van der Waals surface area (Å²) in [6.45, 7) is 9.55. The zero-order valence-electron chi connectivity index (χ0n) is 20.9. The summed E-state index contributed by atoms with van der Waals surface area (Å²) < 4.78 is 40.6. The predicted octanol–water partition coefficient (Wildman–Crippen LogP) is 5.99. The smallest absolute Gasteiger partial charge is 0.315 e. The summed E-state index contributed by atoms with van der Waals surface area (Å²) in [5.74, 6) is -0.0205. The largest absolute Gasteiger partial charge is 0.416 e. The van der Waals surface area contributed by atoms with Gasteiger partial charge in [0.2, 0.25) is 5.91 Å². The van der Waals surface area contributed by atoms with Crippen LogP contribution < -0.4 is 10.6 Å². The number of nitrogens with zero attached hydrogens (tertiary/aromatic N) is 3. The summed E-state index contributed by atoms with van der Waals surface area (Å²) in [5.41, 5.74) is 1.46. The Labute approximate surface area is 208 Å². The van der Waals surface area contributed by atoms with Crippen molar-refractivity contribution in [3.05, 3.63) is 71.4 Å². The van der Waals surface area contributed by atoms with E-state index in [9.17, 15) is 22.8 Å². The number of aromatic nitrogens is 2. The Morgan fingerprint density at radius 2 is 1.67 bits per heavy atom. The van der Waals surface area contributed by atoms with Gasteiger partial charge in [0.25, 0.3) is 0 Å². The normalized spacial score (nSPS) is 11.8. The molecule has 0 aliphatic heterocycles. The molecule has 7 nitrogen and oxygen atoms in total. The van der Waals surface area contributed by atoms with Crippen molar-refractivity contribution in [2.45, 2.75) is 46.2 Å². The lowest BCUT2D eigenvalue weighted by atomic mass is 9.92. The number of alkyl halides is 3. The standard InChI is InChI=1S/C26H30F3N5O2/c1-6-33(24(36)30-19-9-7-8-18(14-19)26(27,28)29)16-23(35)31-22-15-21(25(3,4)5)32-34(22)20-12-10-17(2)11-13-20/h7-15H,6,16H2,1-5H3,(H,30,36)(H,31,35). The molecule has 0 saturated carbocycles. The van der Waals surface area contributed by atoms with Crippen molar-refractivity contribution >= 4 is 23.4 Å². The number of amides is 3. The fourth-order valence-electron chi connectivity index (χ4n) is 3.38. The van der Waals surface area contributed by atoms with Crippen LogP contribution in [0, 0.1) is 6.92 Å². The van der Waals surface area contributed by atoms with Gasteiger partial charge < -0.3 is 15.5 Å². The summed E-state index contributed by atoms with van der Waals surface area (Å²) >= 11 is 0. The molecule has 192 valence electrons. The number of nitrogens with one attached hydrogen (secondary N) is 2. The minimum Gasteiger partial charge on any atom is -0.315 e. The van der Waals surface area contributed by atoms with Crippen molar-refractivity contribution in [1.82, 2.24) is 14.7 Å². The van der Waals surface area contributed by atoms with Gasteiger partial charge in [0.15, 0.2) is 0 Å². The Balaban J connectivity index is 1.76. The first kappa shape index (κ1) is 26.8. The highest BCUT2D eigenvalue weighted by atomic mass is 19.4. The number of halogens is 3. The van der Waals surface area contributed by atoms with Crippen LogP contribution in [0.4, 0.5) is 29.5 Å². The van der Waals surface area contributed by atoms with E-state index in [0.29, 0.717) is 5.82 Å². The monoisotopic (exact) mass is 501 g/mol. The molecule has 0 aliphatic carbocycles. The number of likely N-dealkylation sites (N-methyl/N-ethyl adjacent to an activating group) is 1. The number of rotatable bonds is 6. The third kappa shape index (κ3) is 6.65. The van der Waals surface area contributed by atoms with E-state index in [2.05, 4.69) is 15.7 Å². The molecule has 10 heteroatoms. The first-order valence-corrected chi connectivity index (χ1v) is 11.5. The Hall–Kier alpha value is -3.82. The third-order valence-corrected chi connectivity index (χ3v) is 5.47. The highest BCUT2D eigenvalue weighted by Gasteiger charge is 2.30. The lowest BCUT2D eigenvalue weighted by Gasteiger charge is -2.21. The summed E-state index contributed by atoms with van der Waals surface area (Å²) in [5, 5.41) is 9.92. The fourth-order valence-corrected chi connectivity index (χ4v) is 3.38. The van der Waals surface area contributed by atoms with Crippen LogP contribution in [0.25, 0.3) is 5.69 Å². The summed E-state index contributed by atoms with van der Waals surface area (Å²) in [4.78, 5) is 26.8. The van der Waals surface area contributed by atoms with E-state index in [-0.39, 0.29) is 24.2 Å². The second-order valence-electron chi connectivity index (χ2n) is 9.48. The van der Waals surface area contributed by atoms with E-state index >= 15 is 0 Å². The van der Waals surface area contributed by atoms with Crippen LogP contribution in [0.1, 0.15) is 44.5 Å². The molecule has 0 bridgehead atoms. The van der Waals surface area contributed by atoms with Crippen LogP contribution in [0.15, 0.2) is 54.6 Å². The number of aryl methyl sites for hydroxylation is 1. The van der Waals surface area contributed by atoms with Crippen LogP contribution in [-0.2, 0) is 16.4 Å². The Bertz CT molecular complexity index is 1230. The van der Waals surface area contributed by atoms with Gasteiger partial charge in [-0.05, 0) is 44.2 Å². The third-order valence-electron chi connectivity index (χ3n) is 5.47. The number of carbonyl (C=O) groups is 2. The van der Waals surface area contributed by atoms with Gasteiger partial charge in [0.1, 0.15) is 12.4 Å². The molecule has 0 fully saturated rings. The Morgan fingerprint density at radius 3 is 2.25 bits per heavy atom. The number of carbonyl (C=O) groups excluding carboxylic acids is 2. The number of hydrogen-bond donors (Lipinski definition) is 2. The minimum atomic E-state index is -4.53. The SMILES string of the molecule is CCN(CC(=O)Nc1cc(C(C)(C)C)nn1-c1ccc(C)cc1)C(=O)Nc1cccc(C(F)(F)F)c1. The van der Waals surface area contributed by atoms with Crippen molar-refractivity contribution in [3.63, 3.8) is 0 Å². The molecule has 1 heterocycles. The second kappa shape index (κ2) is 10.4. The van der Waals surface area contributed by atoms with Crippen molar-refractivity contribution in [2.75, 3.05) is 23.7 Å². The summed E-state index contributed by atoms with van der Waals surface area (Å²) in [6, 6.07) is 13.1. The average Bonchev–Trinajstić information content (AvgIpc) is 3.21. The highest BCUT2D eigenvalue weighted by Crippen LogP contribution is 2.31. The molecule has 0 atom stereocenters. The second-order valence-corrected chi connectivity index (χ2v) is 9.48. The zero-order valence-corrected chi connectivity index (χ0v) is 20.9. The first-order chi connectivity index (χ1) is 16.8. The van der Waals surface area contributed by atoms with Gasteiger partial charge in [0.05, 0.1) is 16.9 Å². The molecule has 0 aliphatic rings. The van der Waals surface area contributed by atoms with Gasteiger partial charge in [-0.25, -0.2) is 9.48 Å².